The number of ether oxygens (including phenoxy) is 3. The Balaban J connectivity index is 2.02. The van der Waals surface area contributed by atoms with Gasteiger partial charge in [-0.3, -0.25) is 4.79 Å². The van der Waals surface area contributed by atoms with E-state index in [9.17, 15) is 13.6 Å². The smallest absolute Gasteiger partial charge is 0.387 e. The van der Waals surface area contributed by atoms with Gasteiger partial charge in [0, 0.05) is 13.3 Å². The number of amides is 1. The average molecular weight is 366 g/mol. The second kappa shape index (κ2) is 9.67. The molecule has 26 heavy (non-hydrogen) atoms. The molecule has 1 heterocycles. The molecule has 0 aliphatic heterocycles. The molecule has 1 N–H and O–H groups in total. The van der Waals surface area contributed by atoms with Crippen molar-refractivity contribution >= 4 is 5.91 Å². The number of rotatable bonds is 9. The van der Waals surface area contributed by atoms with Gasteiger partial charge in [-0.05, 0) is 36.8 Å². The molecule has 0 aliphatic rings. The minimum atomic E-state index is -2.87. The van der Waals surface area contributed by atoms with Gasteiger partial charge in [0.25, 0.3) is 5.91 Å². The van der Waals surface area contributed by atoms with Crippen molar-refractivity contribution in [1.82, 2.24) is 10.3 Å². The van der Waals surface area contributed by atoms with Crippen LogP contribution in [0.2, 0.25) is 0 Å². The second-order valence-electron chi connectivity index (χ2n) is 5.34. The van der Waals surface area contributed by atoms with E-state index in [1.165, 1.54) is 18.3 Å². The molecule has 0 unspecified atom stereocenters. The van der Waals surface area contributed by atoms with Crippen LogP contribution in [0.4, 0.5) is 8.78 Å². The third-order valence-corrected chi connectivity index (χ3v) is 3.49. The predicted molar refractivity (Wildman–Crippen MR) is 90.6 cm³/mol. The van der Waals surface area contributed by atoms with E-state index in [-0.39, 0.29) is 30.2 Å². The van der Waals surface area contributed by atoms with Crippen molar-refractivity contribution in [3.8, 4) is 11.6 Å². The number of aromatic nitrogens is 1. The van der Waals surface area contributed by atoms with Crippen molar-refractivity contribution in [3.63, 3.8) is 0 Å². The quantitative estimate of drug-likeness (QED) is 0.690. The molecule has 0 saturated carbocycles. The van der Waals surface area contributed by atoms with Gasteiger partial charge < -0.3 is 19.5 Å². The fourth-order valence-corrected chi connectivity index (χ4v) is 2.20. The maximum absolute atomic E-state index is 12.5. The lowest BCUT2D eigenvalue weighted by molar-refractivity contribution is -0.0498. The second-order valence-corrected chi connectivity index (χ2v) is 5.34. The van der Waals surface area contributed by atoms with Gasteiger partial charge in [0.05, 0.1) is 12.6 Å². The number of halogens is 2. The van der Waals surface area contributed by atoms with Gasteiger partial charge >= 0.3 is 6.61 Å². The number of carbonyl (C=O) groups is 1. The first-order valence-electron chi connectivity index (χ1n) is 7.93. The molecule has 1 aromatic heterocycles. The summed E-state index contributed by atoms with van der Waals surface area (Å²) in [5.74, 6) is -0.0794. The molecule has 0 saturated heterocycles. The number of pyridine rings is 1. The Morgan fingerprint density at radius 3 is 2.58 bits per heavy atom. The van der Waals surface area contributed by atoms with Gasteiger partial charge in [0.1, 0.15) is 17.9 Å². The third-order valence-electron chi connectivity index (χ3n) is 3.49. The Morgan fingerprint density at radius 1 is 1.19 bits per heavy atom. The van der Waals surface area contributed by atoms with Crippen LogP contribution in [0, 0.1) is 0 Å². The number of hydrogen-bond acceptors (Lipinski definition) is 5. The summed E-state index contributed by atoms with van der Waals surface area (Å²) in [7, 11) is 1.55. The van der Waals surface area contributed by atoms with Crippen molar-refractivity contribution in [3.05, 3.63) is 53.7 Å². The van der Waals surface area contributed by atoms with E-state index in [1.54, 1.807) is 38.3 Å². The van der Waals surface area contributed by atoms with Crippen LogP contribution in [0.25, 0.3) is 0 Å². The summed E-state index contributed by atoms with van der Waals surface area (Å²) in [6.45, 7) is -0.446. The summed E-state index contributed by atoms with van der Waals surface area (Å²) in [6, 6.07) is 8.97. The Kier molecular flexibility index (Phi) is 7.28. The minimum absolute atomic E-state index is 0.0587. The summed E-state index contributed by atoms with van der Waals surface area (Å²) in [5.41, 5.74) is 1.04. The van der Waals surface area contributed by atoms with Crippen LogP contribution in [0.1, 0.15) is 28.9 Å². The summed E-state index contributed by atoms with van der Waals surface area (Å²) in [5, 5.41) is 2.82. The van der Waals surface area contributed by atoms with Crippen molar-refractivity contribution in [1.29, 1.82) is 0 Å². The molecule has 1 aromatic carbocycles. The monoisotopic (exact) mass is 366 g/mol. The Bertz CT molecular complexity index is 711. The van der Waals surface area contributed by atoms with E-state index in [4.69, 9.17) is 9.47 Å². The zero-order chi connectivity index (χ0) is 18.9. The SMILES string of the molecule is COCCOc1ncccc1C(=O)N[C@H](C)c1ccc(OC(F)F)cc1. The Morgan fingerprint density at radius 2 is 1.92 bits per heavy atom. The fourth-order valence-electron chi connectivity index (χ4n) is 2.20. The molecule has 0 spiro atoms. The lowest BCUT2D eigenvalue weighted by atomic mass is 10.1. The highest BCUT2D eigenvalue weighted by Crippen LogP contribution is 2.21. The van der Waals surface area contributed by atoms with Crippen molar-refractivity contribution in [2.45, 2.75) is 19.6 Å². The molecule has 0 aliphatic carbocycles. The molecular formula is C18H20F2N2O4. The Hall–Kier alpha value is -2.74. The summed E-state index contributed by atoms with van der Waals surface area (Å²) in [4.78, 5) is 16.6. The Labute approximate surface area is 150 Å². The van der Waals surface area contributed by atoms with Crippen LogP contribution in [0.15, 0.2) is 42.6 Å². The van der Waals surface area contributed by atoms with Gasteiger partial charge in [-0.25, -0.2) is 4.98 Å². The molecule has 1 atom stereocenters. The van der Waals surface area contributed by atoms with E-state index in [0.29, 0.717) is 12.2 Å². The van der Waals surface area contributed by atoms with Crippen LogP contribution in [0.3, 0.4) is 0 Å². The predicted octanol–water partition coefficient (Wildman–Crippen LogP) is 3.20. The normalized spacial score (nSPS) is 11.9. The summed E-state index contributed by atoms with van der Waals surface area (Å²) in [6.07, 6.45) is 1.53. The maximum atomic E-state index is 12.5. The lowest BCUT2D eigenvalue weighted by Crippen LogP contribution is -2.27. The van der Waals surface area contributed by atoms with Crippen LogP contribution >= 0.6 is 0 Å². The van der Waals surface area contributed by atoms with Gasteiger partial charge in [0.15, 0.2) is 0 Å². The van der Waals surface area contributed by atoms with Gasteiger partial charge in [-0.15, -0.1) is 0 Å². The zero-order valence-electron chi connectivity index (χ0n) is 14.4. The van der Waals surface area contributed by atoms with Gasteiger partial charge in [-0.2, -0.15) is 8.78 Å². The van der Waals surface area contributed by atoms with Crippen LogP contribution < -0.4 is 14.8 Å². The van der Waals surface area contributed by atoms with Crippen molar-refractivity contribution in [2.24, 2.45) is 0 Å². The van der Waals surface area contributed by atoms with Gasteiger partial charge in [-0.1, -0.05) is 12.1 Å². The van der Waals surface area contributed by atoms with E-state index in [0.717, 1.165) is 5.56 Å². The van der Waals surface area contributed by atoms with Crippen molar-refractivity contribution < 1.29 is 27.8 Å². The van der Waals surface area contributed by atoms with Crippen LogP contribution in [-0.2, 0) is 4.74 Å². The first-order chi connectivity index (χ1) is 12.5. The number of hydrogen-bond donors (Lipinski definition) is 1. The number of nitrogens with one attached hydrogen (secondary N) is 1. The first kappa shape index (κ1) is 19.6. The molecule has 1 amide bonds. The van der Waals surface area contributed by atoms with E-state index in [1.807, 2.05) is 0 Å². The largest absolute Gasteiger partial charge is 0.475 e. The van der Waals surface area contributed by atoms with Crippen LogP contribution in [0.5, 0.6) is 11.6 Å². The summed E-state index contributed by atoms with van der Waals surface area (Å²) >= 11 is 0. The molecule has 0 bridgehead atoms. The number of carbonyl (C=O) groups excluding carboxylic acids is 1. The number of nitrogens with zero attached hydrogens (tertiary/aromatic N) is 1. The number of alkyl halides is 2. The molecule has 6 nitrogen and oxygen atoms in total. The van der Waals surface area contributed by atoms with E-state index < -0.39 is 6.61 Å². The number of benzene rings is 1. The average Bonchev–Trinajstić information content (AvgIpc) is 2.62. The molecule has 2 rings (SSSR count). The van der Waals surface area contributed by atoms with Crippen molar-refractivity contribution in [2.75, 3.05) is 20.3 Å². The number of methoxy groups -OCH3 is 1. The highest BCUT2D eigenvalue weighted by atomic mass is 19.3. The molecule has 140 valence electrons. The van der Waals surface area contributed by atoms with Crippen LogP contribution in [-0.4, -0.2) is 37.8 Å². The molecule has 0 fully saturated rings. The van der Waals surface area contributed by atoms with Gasteiger partial charge in [0.2, 0.25) is 5.88 Å². The highest BCUT2D eigenvalue weighted by Gasteiger charge is 2.17. The first-order valence-corrected chi connectivity index (χ1v) is 7.93. The fraction of sp³-hybridized carbons (Fsp3) is 0.333. The zero-order valence-corrected chi connectivity index (χ0v) is 14.4. The highest BCUT2D eigenvalue weighted by molar-refractivity contribution is 5.96. The van der Waals surface area contributed by atoms with E-state index in [2.05, 4.69) is 15.0 Å². The topological polar surface area (TPSA) is 69.7 Å². The summed E-state index contributed by atoms with van der Waals surface area (Å²) < 4.78 is 39.0. The standard InChI is InChI=1S/C18H20F2N2O4/c1-12(13-5-7-14(8-6-13)26-18(19)20)22-16(23)15-4-3-9-21-17(15)25-11-10-24-2/h3-9,12,18H,10-11H2,1-2H3,(H,22,23)/t12-/m1/s1. The third kappa shape index (κ3) is 5.66. The van der Waals surface area contributed by atoms with E-state index >= 15 is 0 Å². The molecule has 0 radical (unpaired) electrons. The minimum Gasteiger partial charge on any atom is -0.475 e. The molecular weight excluding hydrogens is 346 g/mol. The molecule has 2 aromatic rings. The lowest BCUT2D eigenvalue weighted by Gasteiger charge is -2.16. The maximum Gasteiger partial charge on any atom is 0.387 e. The molecule has 8 heteroatoms.